The highest BCUT2D eigenvalue weighted by atomic mass is 32.2. The normalized spacial score (nSPS) is 15.7. The summed E-state index contributed by atoms with van der Waals surface area (Å²) in [5.41, 5.74) is 2.18. The number of benzene rings is 1. The minimum Gasteiger partial charge on any atom is -0.494 e. The third-order valence-corrected chi connectivity index (χ3v) is 8.86. The maximum atomic E-state index is 13.4. The molecule has 1 saturated carbocycles. The molecule has 3 amide bonds. The molecule has 5 rings (SSSR count). The maximum Gasteiger partial charge on any atom is 0.272 e. The summed E-state index contributed by atoms with van der Waals surface area (Å²) in [5, 5.41) is 21.2. The number of rotatable bonds is 10. The highest BCUT2D eigenvalue weighted by Gasteiger charge is 2.31. The van der Waals surface area contributed by atoms with Crippen LogP contribution < -0.4 is 20.7 Å². The smallest absolute Gasteiger partial charge is 0.272 e. The summed E-state index contributed by atoms with van der Waals surface area (Å²) in [4.78, 5) is 40.7. The van der Waals surface area contributed by atoms with E-state index in [1.807, 2.05) is 23.5 Å². The van der Waals surface area contributed by atoms with Gasteiger partial charge in [0.05, 0.1) is 30.4 Å². The van der Waals surface area contributed by atoms with Gasteiger partial charge in [0.15, 0.2) is 17.3 Å². The van der Waals surface area contributed by atoms with Crippen molar-refractivity contribution in [1.82, 2.24) is 34.5 Å². The number of aryl methyl sites for hydroxylation is 1. The molecule has 1 aliphatic heterocycles. The second kappa shape index (κ2) is 12.8. The third kappa shape index (κ3) is 7.53. The van der Waals surface area contributed by atoms with Crippen LogP contribution >= 0.6 is 0 Å². The summed E-state index contributed by atoms with van der Waals surface area (Å²) in [5.74, 6) is -0.324. The predicted molar refractivity (Wildman–Crippen MR) is 180 cm³/mol. The number of hydrogen-bond acceptors (Lipinski definition) is 10. The van der Waals surface area contributed by atoms with Crippen molar-refractivity contribution in [2.75, 3.05) is 50.2 Å². The van der Waals surface area contributed by atoms with Gasteiger partial charge in [0.25, 0.3) is 11.8 Å². The summed E-state index contributed by atoms with van der Waals surface area (Å²) in [6.45, 7) is 0.984. The van der Waals surface area contributed by atoms with Crippen molar-refractivity contribution in [3.05, 3.63) is 41.7 Å². The number of hydrogen-bond donors (Lipinski definition) is 3. The van der Waals surface area contributed by atoms with Crippen LogP contribution in [-0.2, 0) is 21.9 Å². The number of ether oxygens (including phenoxy) is 1. The molecule has 0 bridgehead atoms. The van der Waals surface area contributed by atoms with Crippen LogP contribution in [0.2, 0.25) is 0 Å². The van der Waals surface area contributed by atoms with Crippen molar-refractivity contribution < 1.29 is 27.5 Å². The van der Waals surface area contributed by atoms with Gasteiger partial charge in [0.2, 0.25) is 15.9 Å². The van der Waals surface area contributed by atoms with E-state index in [1.54, 1.807) is 42.3 Å². The Kier molecular flexibility index (Phi) is 9.17. The van der Waals surface area contributed by atoms with Crippen LogP contribution in [-0.4, -0.2) is 124 Å². The van der Waals surface area contributed by atoms with E-state index in [1.165, 1.54) is 16.1 Å². The van der Waals surface area contributed by atoms with Gasteiger partial charge in [0.1, 0.15) is 29.2 Å². The van der Waals surface area contributed by atoms with E-state index in [0.29, 0.717) is 34.1 Å². The fraction of sp³-hybridized carbons (Fsp3) is 0.407. The van der Waals surface area contributed by atoms with Crippen LogP contribution in [0.4, 0.5) is 17.2 Å². The second-order valence-corrected chi connectivity index (χ2v) is 14.4. The van der Waals surface area contributed by atoms with Crippen LogP contribution in [0.1, 0.15) is 33.8 Å². The zero-order valence-corrected chi connectivity index (χ0v) is 27.6. The van der Waals surface area contributed by atoms with Gasteiger partial charge in [-0.15, -0.1) is 10.2 Å². The molecule has 240 valence electrons. The van der Waals surface area contributed by atoms with E-state index >= 15 is 0 Å². The first-order valence-corrected chi connectivity index (χ1v) is 16.7. The third-order valence-electron chi connectivity index (χ3n) is 7.56. The van der Waals surface area contributed by atoms with E-state index in [-0.39, 0.29) is 55.4 Å². The molecule has 3 heterocycles. The van der Waals surface area contributed by atoms with E-state index in [4.69, 9.17) is 4.74 Å². The average Bonchev–Trinajstić information content (AvgIpc) is 3.77. The second-order valence-electron chi connectivity index (χ2n) is 12.5. The summed E-state index contributed by atoms with van der Waals surface area (Å²) in [7, 11) is 5.39. The lowest BCUT2D eigenvalue weighted by molar-refractivity contribution is -0.117. The van der Waals surface area contributed by atoms with Crippen molar-refractivity contribution >= 4 is 68.5 Å². The molecule has 3 N–H and O–H groups in total. The van der Waals surface area contributed by atoms with Gasteiger partial charge < -0.3 is 25.6 Å². The fourth-order valence-electron chi connectivity index (χ4n) is 5.08. The van der Waals surface area contributed by atoms with Crippen LogP contribution in [0.15, 0.2) is 30.3 Å². The van der Waals surface area contributed by atoms with Crippen molar-refractivity contribution in [3.8, 4) is 17.0 Å². The van der Waals surface area contributed by atoms with E-state index < -0.39 is 21.2 Å². The number of nitrogens with zero attached hydrogens (tertiary/aromatic N) is 6. The summed E-state index contributed by atoms with van der Waals surface area (Å²) in [6, 6.07) is 8.55. The first-order chi connectivity index (χ1) is 21.6. The molecule has 0 spiro atoms. The Morgan fingerprint density at radius 3 is 2.33 bits per heavy atom. The first kappa shape index (κ1) is 33.0. The van der Waals surface area contributed by atoms with E-state index in [2.05, 4.69) is 31.2 Å². The molecule has 1 aromatic carbocycles. The van der Waals surface area contributed by atoms with Crippen LogP contribution in [0.25, 0.3) is 11.3 Å². The first-order valence-electron chi connectivity index (χ1n) is 14.9. The van der Waals surface area contributed by atoms with E-state index in [0.717, 1.165) is 19.1 Å². The molecule has 0 radical (unpaired) electrons. The number of anilines is 3. The molecule has 0 unspecified atom stereocenters. The average molecular weight is 647 g/mol. The monoisotopic (exact) mass is 647 g/mol. The quantitative estimate of drug-likeness (QED) is 0.207. The Morgan fingerprint density at radius 2 is 1.72 bits per heavy atom. The minimum absolute atomic E-state index is 0.0218. The number of methoxy groups -OCH3 is 1. The zero-order chi connectivity index (χ0) is 33.4. The molecule has 15 nitrogen and oxygen atoms in total. The maximum absolute atomic E-state index is 13.4. The number of sulfonamides is 1. The predicted octanol–water partition coefficient (Wildman–Crippen LogP) is -2.06. The molecule has 1 saturated heterocycles. The molecule has 1 aliphatic carbocycles. The number of nitrogens with one attached hydrogen (secondary N) is 3. The SMILES string of the molecule is BC(B)(B)NC(=O)c1nnc(NC(=O)C2CC2)cc1Nc1cccc(-c2cc(C(=O)N3CCN(S(C)(=O)=O)CC3)n(C)n2)c1OC. The van der Waals surface area contributed by atoms with Gasteiger partial charge in [-0.25, -0.2) is 8.42 Å². The highest BCUT2D eigenvalue weighted by molar-refractivity contribution is 7.88. The lowest BCUT2D eigenvalue weighted by Crippen LogP contribution is -2.50. The number of aromatic nitrogens is 4. The van der Waals surface area contributed by atoms with Gasteiger partial charge >= 0.3 is 0 Å². The standard InChI is InChI=1S/C27H36B3N9O6S/c1-37-20(26(42)38-9-11-39(12-10-38)46(3,43)44)13-18(36-37)16-5-4-6-17(23(16)45-2)31-19-14-21(32-24(40)15-7-8-15)34-35-22(19)25(41)33-27(28,29)30/h4-6,13-15H,7-12,28-30H2,1-3H3,(H,33,41)(H2,31,32,34,40). The highest BCUT2D eigenvalue weighted by Crippen LogP contribution is 2.38. The lowest BCUT2D eigenvalue weighted by Gasteiger charge is -2.33. The largest absolute Gasteiger partial charge is 0.494 e. The van der Waals surface area contributed by atoms with Gasteiger partial charge in [-0.1, -0.05) is 6.07 Å². The minimum atomic E-state index is -3.33. The molecule has 2 aromatic heterocycles. The van der Waals surface area contributed by atoms with Crippen molar-refractivity contribution in [2.45, 2.75) is 18.1 Å². The number of carbonyl (C=O) groups is 3. The number of carbonyl (C=O) groups excluding carboxylic acids is 3. The molecule has 2 aliphatic rings. The Morgan fingerprint density at radius 1 is 1.02 bits per heavy atom. The van der Waals surface area contributed by atoms with E-state index in [9.17, 15) is 22.8 Å². The number of amides is 3. The van der Waals surface area contributed by atoms with Crippen LogP contribution in [0.5, 0.6) is 5.75 Å². The van der Waals surface area contributed by atoms with Crippen molar-refractivity contribution in [1.29, 1.82) is 0 Å². The summed E-state index contributed by atoms with van der Waals surface area (Å²) >= 11 is 0. The molecule has 3 aromatic rings. The Labute approximate surface area is 270 Å². The van der Waals surface area contributed by atoms with Crippen LogP contribution in [0, 0.1) is 5.92 Å². The zero-order valence-electron chi connectivity index (χ0n) is 26.7. The van der Waals surface area contributed by atoms with Gasteiger partial charge in [-0.05, 0) is 36.3 Å². The molecule has 19 heteroatoms. The molecule has 46 heavy (non-hydrogen) atoms. The van der Waals surface area contributed by atoms with Crippen molar-refractivity contribution in [3.63, 3.8) is 0 Å². The molecular weight excluding hydrogens is 611 g/mol. The van der Waals surface area contributed by atoms with Gasteiger partial charge in [-0.3, -0.25) is 19.1 Å². The number of para-hydroxylation sites is 1. The van der Waals surface area contributed by atoms with Gasteiger partial charge in [-0.2, -0.15) is 9.40 Å². The lowest BCUT2D eigenvalue weighted by atomic mass is 9.49. The Balaban J connectivity index is 1.44. The summed E-state index contributed by atoms with van der Waals surface area (Å²) in [6.07, 6.45) is 2.80. The molecular formula is C27H36B3N9O6S. The topological polar surface area (TPSA) is 181 Å². The van der Waals surface area contributed by atoms with Crippen LogP contribution in [0.3, 0.4) is 0 Å². The summed E-state index contributed by atoms with van der Waals surface area (Å²) < 4.78 is 32.4. The molecule has 0 atom stereocenters. The molecule has 2 fully saturated rings. The van der Waals surface area contributed by atoms with Gasteiger partial charge in [0, 0.05) is 50.8 Å². The fourth-order valence-corrected chi connectivity index (χ4v) is 5.90. The Hall–Kier alpha value is -4.38. The van der Waals surface area contributed by atoms with Crippen molar-refractivity contribution in [2.24, 2.45) is 13.0 Å². The number of piperazine rings is 1. The Bertz CT molecular complexity index is 1790.